The van der Waals surface area contributed by atoms with Crippen LogP contribution in [0.3, 0.4) is 0 Å². The standard InChI is InChI=1S/C26H28N2O4/c1-17-6-3-4-8-21(17)22-11-12-27-24-15-20(9-10-23(22)24)32-18(2)26(31)28-13-5-7-19(16-28)14-25(29)30/h3-4,6,8-12,15,18-19H,5,7,13-14,16H2,1-2H3,(H,29,30)/t18?,19-/m1/s1. The van der Waals surface area contributed by atoms with Gasteiger partial charge >= 0.3 is 5.97 Å². The molecule has 3 aromatic rings. The summed E-state index contributed by atoms with van der Waals surface area (Å²) in [4.78, 5) is 30.2. The van der Waals surface area contributed by atoms with Gasteiger partial charge in [0.05, 0.1) is 5.52 Å². The highest BCUT2D eigenvalue weighted by Crippen LogP contribution is 2.32. The minimum Gasteiger partial charge on any atom is -0.481 e. The lowest BCUT2D eigenvalue weighted by atomic mass is 9.94. The summed E-state index contributed by atoms with van der Waals surface area (Å²) in [6, 6.07) is 16.0. The number of piperidine rings is 1. The molecule has 1 aliphatic heterocycles. The van der Waals surface area contributed by atoms with Crippen LogP contribution in [-0.2, 0) is 9.59 Å². The van der Waals surface area contributed by atoms with Gasteiger partial charge in [0.15, 0.2) is 6.10 Å². The first kappa shape index (κ1) is 21.8. The van der Waals surface area contributed by atoms with Gasteiger partial charge in [-0.15, -0.1) is 0 Å². The van der Waals surface area contributed by atoms with Crippen LogP contribution >= 0.6 is 0 Å². The van der Waals surface area contributed by atoms with Crippen molar-refractivity contribution in [2.24, 2.45) is 5.92 Å². The third-order valence-electron chi connectivity index (χ3n) is 6.10. The number of aliphatic carboxylic acids is 1. The van der Waals surface area contributed by atoms with Gasteiger partial charge in [0.25, 0.3) is 5.91 Å². The van der Waals surface area contributed by atoms with E-state index in [2.05, 4.69) is 24.0 Å². The lowest BCUT2D eigenvalue weighted by molar-refractivity contribution is -0.143. The number of likely N-dealkylation sites (tertiary alicyclic amines) is 1. The number of amides is 1. The summed E-state index contributed by atoms with van der Waals surface area (Å²) in [7, 11) is 0. The molecule has 1 saturated heterocycles. The Morgan fingerprint density at radius 3 is 2.78 bits per heavy atom. The number of pyridine rings is 1. The van der Waals surface area contributed by atoms with Gasteiger partial charge < -0.3 is 14.7 Å². The van der Waals surface area contributed by atoms with Crippen LogP contribution in [0.5, 0.6) is 5.75 Å². The Morgan fingerprint density at radius 2 is 2.00 bits per heavy atom. The van der Waals surface area contributed by atoms with Crippen molar-refractivity contribution in [1.29, 1.82) is 0 Å². The van der Waals surface area contributed by atoms with Gasteiger partial charge in [-0.05, 0) is 67.5 Å². The normalized spacial score (nSPS) is 17.2. The van der Waals surface area contributed by atoms with E-state index in [1.165, 1.54) is 5.56 Å². The second-order valence-electron chi connectivity index (χ2n) is 8.50. The lowest BCUT2D eigenvalue weighted by Gasteiger charge is -2.33. The van der Waals surface area contributed by atoms with Crippen molar-refractivity contribution in [3.63, 3.8) is 0 Å². The SMILES string of the molecule is Cc1ccccc1-c1ccnc2cc(OC(C)C(=O)N3CCC[C@H](CC(=O)O)C3)ccc12. The molecule has 1 N–H and O–H groups in total. The van der Waals surface area contributed by atoms with E-state index in [1.807, 2.05) is 36.4 Å². The zero-order chi connectivity index (χ0) is 22.7. The van der Waals surface area contributed by atoms with Crippen molar-refractivity contribution >= 4 is 22.8 Å². The zero-order valence-electron chi connectivity index (χ0n) is 18.5. The molecule has 2 heterocycles. The van der Waals surface area contributed by atoms with Gasteiger partial charge in [-0.2, -0.15) is 0 Å². The Balaban J connectivity index is 1.50. The fourth-order valence-corrected chi connectivity index (χ4v) is 4.50. The molecule has 0 bridgehead atoms. The van der Waals surface area contributed by atoms with Crippen molar-refractivity contribution in [3.05, 3.63) is 60.3 Å². The van der Waals surface area contributed by atoms with Crippen molar-refractivity contribution in [2.75, 3.05) is 13.1 Å². The second kappa shape index (κ2) is 9.39. The smallest absolute Gasteiger partial charge is 0.303 e. The summed E-state index contributed by atoms with van der Waals surface area (Å²) >= 11 is 0. The highest BCUT2D eigenvalue weighted by atomic mass is 16.5. The van der Waals surface area contributed by atoms with E-state index in [4.69, 9.17) is 9.84 Å². The molecule has 2 atom stereocenters. The van der Waals surface area contributed by atoms with Crippen molar-refractivity contribution in [2.45, 2.75) is 39.2 Å². The van der Waals surface area contributed by atoms with Gasteiger partial charge in [-0.3, -0.25) is 14.6 Å². The maximum absolute atomic E-state index is 12.9. The van der Waals surface area contributed by atoms with E-state index in [0.29, 0.717) is 18.8 Å². The van der Waals surface area contributed by atoms with Crippen molar-refractivity contribution in [1.82, 2.24) is 9.88 Å². The Labute approximate surface area is 187 Å². The Bertz CT molecular complexity index is 1140. The van der Waals surface area contributed by atoms with E-state index < -0.39 is 12.1 Å². The second-order valence-corrected chi connectivity index (χ2v) is 8.50. The third kappa shape index (κ3) is 4.74. The van der Waals surface area contributed by atoms with Gasteiger partial charge in [0.1, 0.15) is 5.75 Å². The fourth-order valence-electron chi connectivity index (χ4n) is 4.50. The molecular weight excluding hydrogens is 404 g/mol. The number of benzene rings is 2. The van der Waals surface area contributed by atoms with E-state index in [-0.39, 0.29) is 18.2 Å². The Hall–Kier alpha value is -3.41. The summed E-state index contributed by atoms with van der Waals surface area (Å²) in [5.41, 5.74) is 4.28. The summed E-state index contributed by atoms with van der Waals surface area (Å²) in [5, 5.41) is 10.1. The average molecular weight is 433 g/mol. The van der Waals surface area contributed by atoms with Gasteiger partial charge in [-0.25, -0.2) is 0 Å². The summed E-state index contributed by atoms with van der Waals surface area (Å²) in [6.45, 7) is 4.94. The Morgan fingerprint density at radius 1 is 1.19 bits per heavy atom. The van der Waals surface area contributed by atoms with Crippen LogP contribution < -0.4 is 4.74 Å². The lowest BCUT2D eigenvalue weighted by Crippen LogP contribution is -2.46. The number of ether oxygens (including phenoxy) is 1. The van der Waals surface area contributed by atoms with Gasteiger partial charge in [0, 0.05) is 37.2 Å². The predicted molar refractivity (Wildman–Crippen MR) is 124 cm³/mol. The van der Waals surface area contributed by atoms with Crippen LogP contribution in [-0.4, -0.2) is 46.1 Å². The minimum atomic E-state index is -0.817. The maximum atomic E-state index is 12.9. The molecule has 1 unspecified atom stereocenters. The van der Waals surface area contributed by atoms with Gasteiger partial charge in [-0.1, -0.05) is 24.3 Å². The molecule has 0 saturated carbocycles. The minimum absolute atomic E-state index is 0.00198. The topological polar surface area (TPSA) is 79.7 Å². The Kier molecular flexibility index (Phi) is 6.40. The van der Waals surface area contributed by atoms with Crippen LogP contribution in [0, 0.1) is 12.8 Å². The molecule has 0 aliphatic carbocycles. The number of carbonyl (C=O) groups excluding carboxylic acids is 1. The monoisotopic (exact) mass is 432 g/mol. The molecule has 1 fully saturated rings. The summed E-state index contributed by atoms with van der Waals surface area (Å²) < 4.78 is 5.98. The number of aryl methyl sites for hydroxylation is 1. The molecule has 2 aromatic carbocycles. The predicted octanol–water partition coefficient (Wildman–Crippen LogP) is 4.69. The first-order valence-corrected chi connectivity index (χ1v) is 11.0. The average Bonchev–Trinajstić information content (AvgIpc) is 2.78. The number of carboxylic acids is 1. The van der Waals surface area contributed by atoms with Crippen molar-refractivity contribution in [3.8, 4) is 16.9 Å². The van der Waals surface area contributed by atoms with Crippen molar-refractivity contribution < 1.29 is 19.4 Å². The van der Waals surface area contributed by atoms with Crippen LogP contribution in [0.25, 0.3) is 22.0 Å². The number of carboxylic acid groups (broad SMARTS) is 1. The first-order valence-electron chi connectivity index (χ1n) is 11.0. The maximum Gasteiger partial charge on any atom is 0.303 e. The molecule has 166 valence electrons. The molecule has 1 aromatic heterocycles. The van der Waals surface area contributed by atoms with E-state index in [0.717, 1.165) is 34.9 Å². The first-order chi connectivity index (χ1) is 15.4. The van der Waals surface area contributed by atoms with Crippen LogP contribution in [0.15, 0.2) is 54.7 Å². The molecule has 1 aliphatic rings. The number of nitrogens with zero attached hydrogens (tertiary/aromatic N) is 2. The summed E-state index contributed by atoms with van der Waals surface area (Å²) in [5.74, 6) is -0.335. The van der Waals surface area contributed by atoms with Crippen LogP contribution in [0.1, 0.15) is 31.7 Å². The molecule has 0 spiro atoms. The highest BCUT2D eigenvalue weighted by Gasteiger charge is 2.29. The number of rotatable bonds is 6. The molecule has 6 heteroatoms. The molecule has 0 radical (unpaired) electrons. The molecule has 4 rings (SSSR count). The number of aromatic nitrogens is 1. The highest BCUT2D eigenvalue weighted by molar-refractivity contribution is 5.95. The largest absolute Gasteiger partial charge is 0.481 e. The zero-order valence-corrected chi connectivity index (χ0v) is 18.5. The number of carbonyl (C=O) groups is 2. The summed E-state index contributed by atoms with van der Waals surface area (Å²) in [6.07, 6.45) is 2.89. The van der Waals surface area contributed by atoms with Crippen LogP contribution in [0.2, 0.25) is 0 Å². The van der Waals surface area contributed by atoms with E-state index in [9.17, 15) is 9.59 Å². The number of fused-ring (bicyclic) bond motifs is 1. The molecule has 1 amide bonds. The fraction of sp³-hybridized carbons (Fsp3) is 0.346. The molecule has 6 nitrogen and oxygen atoms in total. The van der Waals surface area contributed by atoms with Crippen LogP contribution in [0.4, 0.5) is 0 Å². The quantitative estimate of drug-likeness (QED) is 0.611. The van der Waals surface area contributed by atoms with E-state index in [1.54, 1.807) is 18.0 Å². The third-order valence-corrected chi connectivity index (χ3v) is 6.10. The molecular formula is C26H28N2O4. The number of hydrogen-bond donors (Lipinski definition) is 1. The molecule has 32 heavy (non-hydrogen) atoms. The number of hydrogen-bond acceptors (Lipinski definition) is 4. The van der Waals surface area contributed by atoms with Gasteiger partial charge in [0.2, 0.25) is 0 Å². The van der Waals surface area contributed by atoms with E-state index >= 15 is 0 Å².